The Labute approximate surface area is 105 Å². The van der Waals surface area contributed by atoms with Crippen LogP contribution in [0.1, 0.15) is 57.7 Å². The molecule has 0 saturated heterocycles. The number of aromatic nitrogens is 2. The summed E-state index contributed by atoms with van der Waals surface area (Å²) in [5.74, 6) is 1.90. The quantitative estimate of drug-likeness (QED) is 0.813. The van der Waals surface area contributed by atoms with Gasteiger partial charge >= 0.3 is 0 Å². The minimum absolute atomic E-state index is 0.604. The average Bonchev–Trinajstić information content (AvgIpc) is 2.70. The summed E-state index contributed by atoms with van der Waals surface area (Å²) in [6.07, 6.45) is 10.7. The van der Waals surface area contributed by atoms with E-state index in [-0.39, 0.29) is 0 Å². The van der Waals surface area contributed by atoms with Crippen LogP contribution >= 0.6 is 0 Å². The first-order chi connectivity index (χ1) is 8.36. The van der Waals surface area contributed by atoms with Gasteiger partial charge in [0, 0.05) is 30.9 Å². The third kappa shape index (κ3) is 2.89. The van der Waals surface area contributed by atoms with Crippen molar-refractivity contribution in [3.05, 3.63) is 18.2 Å². The lowest BCUT2D eigenvalue weighted by Gasteiger charge is -2.26. The molecular formula is C14H25N3. The molecular weight excluding hydrogens is 210 g/mol. The number of rotatable bonds is 4. The second kappa shape index (κ2) is 6.20. The molecule has 17 heavy (non-hydrogen) atoms. The van der Waals surface area contributed by atoms with Crippen molar-refractivity contribution in [2.75, 3.05) is 6.54 Å². The highest BCUT2D eigenvalue weighted by Gasteiger charge is 2.27. The molecule has 1 aliphatic rings. The zero-order valence-corrected chi connectivity index (χ0v) is 11.2. The molecule has 1 aromatic heterocycles. The Morgan fingerprint density at radius 1 is 1.29 bits per heavy atom. The average molecular weight is 235 g/mol. The summed E-state index contributed by atoms with van der Waals surface area (Å²) in [6, 6.07) is 0.621. The Bertz CT molecular complexity index is 332. The third-order valence-electron chi connectivity index (χ3n) is 3.90. The van der Waals surface area contributed by atoms with Crippen molar-refractivity contribution in [2.45, 2.75) is 64.5 Å². The topological polar surface area (TPSA) is 29.9 Å². The van der Waals surface area contributed by atoms with Crippen molar-refractivity contribution in [2.24, 2.45) is 0 Å². The highest BCUT2D eigenvalue weighted by molar-refractivity contribution is 5.05. The molecule has 1 aromatic rings. The third-order valence-corrected chi connectivity index (χ3v) is 3.90. The molecule has 3 nitrogen and oxygen atoms in total. The standard InChI is InChI=1S/C14H25N3/c1-3-15-13-9-7-5-6-8-12(13)14-16-10-11-17(14)4-2/h10-13,15H,3-9H2,1-2H3. The fourth-order valence-electron chi connectivity index (χ4n) is 3.04. The number of hydrogen-bond acceptors (Lipinski definition) is 2. The molecule has 0 spiro atoms. The lowest BCUT2D eigenvalue weighted by atomic mass is 9.93. The van der Waals surface area contributed by atoms with E-state index >= 15 is 0 Å². The predicted molar refractivity (Wildman–Crippen MR) is 71.2 cm³/mol. The molecule has 0 bridgehead atoms. The van der Waals surface area contributed by atoms with Crippen LogP contribution in [0.25, 0.3) is 0 Å². The predicted octanol–water partition coefficient (Wildman–Crippen LogP) is 2.93. The van der Waals surface area contributed by atoms with E-state index in [1.54, 1.807) is 0 Å². The fourth-order valence-corrected chi connectivity index (χ4v) is 3.04. The van der Waals surface area contributed by atoms with Gasteiger partial charge in [-0.15, -0.1) is 0 Å². The van der Waals surface area contributed by atoms with Crippen molar-refractivity contribution in [1.82, 2.24) is 14.9 Å². The van der Waals surface area contributed by atoms with Gasteiger partial charge in [-0.05, 0) is 26.3 Å². The SMILES string of the molecule is CCNC1CCCCCC1c1nccn1CC. The smallest absolute Gasteiger partial charge is 0.113 e. The maximum atomic E-state index is 4.61. The van der Waals surface area contributed by atoms with E-state index in [0.29, 0.717) is 12.0 Å². The number of nitrogens with one attached hydrogen (secondary N) is 1. The molecule has 1 heterocycles. The van der Waals surface area contributed by atoms with E-state index in [1.807, 2.05) is 6.20 Å². The Hall–Kier alpha value is -0.830. The minimum atomic E-state index is 0.604. The maximum Gasteiger partial charge on any atom is 0.113 e. The first-order valence-electron chi connectivity index (χ1n) is 7.11. The van der Waals surface area contributed by atoms with Crippen LogP contribution in [0.2, 0.25) is 0 Å². The van der Waals surface area contributed by atoms with E-state index in [1.165, 1.54) is 37.9 Å². The van der Waals surface area contributed by atoms with Gasteiger partial charge in [-0.2, -0.15) is 0 Å². The van der Waals surface area contributed by atoms with Crippen LogP contribution in [-0.2, 0) is 6.54 Å². The molecule has 1 aliphatic carbocycles. The van der Waals surface area contributed by atoms with Gasteiger partial charge in [0.25, 0.3) is 0 Å². The molecule has 1 fully saturated rings. The molecule has 96 valence electrons. The van der Waals surface area contributed by atoms with Crippen molar-refractivity contribution < 1.29 is 0 Å². The molecule has 2 unspecified atom stereocenters. The monoisotopic (exact) mass is 235 g/mol. The molecule has 2 rings (SSSR count). The van der Waals surface area contributed by atoms with E-state index in [9.17, 15) is 0 Å². The number of aryl methyl sites for hydroxylation is 1. The second-order valence-electron chi connectivity index (χ2n) is 4.98. The first-order valence-corrected chi connectivity index (χ1v) is 7.11. The lowest BCUT2D eigenvalue weighted by Crippen LogP contribution is -2.35. The number of likely N-dealkylation sites (N-methyl/N-ethyl adjacent to an activating group) is 1. The van der Waals surface area contributed by atoms with Crippen LogP contribution in [0.5, 0.6) is 0 Å². The summed E-state index contributed by atoms with van der Waals surface area (Å²) in [4.78, 5) is 4.61. The highest BCUT2D eigenvalue weighted by Crippen LogP contribution is 2.31. The van der Waals surface area contributed by atoms with Gasteiger partial charge in [0.2, 0.25) is 0 Å². The molecule has 2 atom stereocenters. The van der Waals surface area contributed by atoms with Gasteiger partial charge in [0.15, 0.2) is 0 Å². The molecule has 0 aliphatic heterocycles. The number of imidazole rings is 1. The van der Waals surface area contributed by atoms with Crippen molar-refractivity contribution in [3.8, 4) is 0 Å². The zero-order valence-electron chi connectivity index (χ0n) is 11.2. The molecule has 0 aromatic carbocycles. The first kappa shape index (κ1) is 12.6. The van der Waals surface area contributed by atoms with E-state index < -0.39 is 0 Å². The Kier molecular flexibility index (Phi) is 4.60. The Balaban J connectivity index is 2.19. The van der Waals surface area contributed by atoms with Gasteiger partial charge in [0.1, 0.15) is 5.82 Å². The largest absolute Gasteiger partial charge is 0.335 e. The van der Waals surface area contributed by atoms with Crippen molar-refractivity contribution in [3.63, 3.8) is 0 Å². The van der Waals surface area contributed by atoms with Crippen LogP contribution in [0.15, 0.2) is 12.4 Å². The van der Waals surface area contributed by atoms with E-state index in [2.05, 4.69) is 34.9 Å². The summed E-state index contributed by atoms with van der Waals surface area (Å²) in [7, 11) is 0. The van der Waals surface area contributed by atoms with Gasteiger partial charge < -0.3 is 9.88 Å². The van der Waals surface area contributed by atoms with Crippen LogP contribution in [0, 0.1) is 0 Å². The van der Waals surface area contributed by atoms with Gasteiger partial charge in [0.05, 0.1) is 0 Å². The van der Waals surface area contributed by atoms with E-state index in [4.69, 9.17) is 0 Å². The van der Waals surface area contributed by atoms with Crippen LogP contribution in [0.3, 0.4) is 0 Å². The second-order valence-corrected chi connectivity index (χ2v) is 4.98. The lowest BCUT2D eigenvalue weighted by molar-refractivity contribution is 0.396. The van der Waals surface area contributed by atoms with E-state index in [0.717, 1.165) is 13.1 Å². The fraction of sp³-hybridized carbons (Fsp3) is 0.786. The van der Waals surface area contributed by atoms with Gasteiger partial charge in [-0.3, -0.25) is 0 Å². The Morgan fingerprint density at radius 2 is 2.12 bits per heavy atom. The summed E-state index contributed by atoms with van der Waals surface area (Å²) < 4.78 is 2.31. The van der Waals surface area contributed by atoms with Gasteiger partial charge in [-0.1, -0.05) is 26.2 Å². The summed E-state index contributed by atoms with van der Waals surface area (Å²) in [5, 5.41) is 3.66. The summed E-state index contributed by atoms with van der Waals surface area (Å²) in [6.45, 7) is 6.50. The van der Waals surface area contributed by atoms with Crippen molar-refractivity contribution in [1.29, 1.82) is 0 Å². The summed E-state index contributed by atoms with van der Waals surface area (Å²) >= 11 is 0. The van der Waals surface area contributed by atoms with Crippen LogP contribution in [-0.4, -0.2) is 22.1 Å². The number of nitrogens with zero attached hydrogens (tertiary/aromatic N) is 2. The Morgan fingerprint density at radius 3 is 2.88 bits per heavy atom. The normalized spacial score (nSPS) is 25.8. The molecule has 0 radical (unpaired) electrons. The summed E-state index contributed by atoms with van der Waals surface area (Å²) in [5.41, 5.74) is 0. The molecule has 0 amide bonds. The maximum absolute atomic E-state index is 4.61. The zero-order chi connectivity index (χ0) is 12.1. The molecule has 3 heteroatoms. The van der Waals surface area contributed by atoms with Crippen molar-refractivity contribution >= 4 is 0 Å². The minimum Gasteiger partial charge on any atom is -0.335 e. The number of hydrogen-bond donors (Lipinski definition) is 1. The van der Waals surface area contributed by atoms with Crippen LogP contribution < -0.4 is 5.32 Å². The molecule has 1 N–H and O–H groups in total. The molecule has 1 saturated carbocycles. The highest BCUT2D eigenvalue weighted by atomic mass is 15.1. The van der Waals surface area contributed by atoms with Gasteiger partial charge in [-0.25, -0.2) is 4.98 Å². The van der Waals surface area contributed by atoms with Crippen LogP contribution in [0.4, 0.5) is 0 Å².